The highest BCUT2D eigenvalue weighted by molar-refractivity contribution is 5.91. The Morgan fingerprint density at radius 2 is 2.10 bits per heavy atom. The number of methoxy groups -OCH3 is 1. The van der Waals surface area contributed by atoms with E-state index in [9.17, 15) is 4.79 Å². The molecule has 0 aliphatic carbocycles. The summed E-state index contributed by atoms with van der Waals surface area (Å²) >= 11 is 0. The smallest absolute Gasteiger partial charge is 0.250 e. The summed E-state index contributed by atoms with van der Waals surface area (Å²) in [7, 11) is 1.60. The molecule has 112 valence electrons. The van der Waals surface area contributed by atoms with E-state index < -0.39 is 0 Å². The summed E-state index contributed by atoms with van der Waals surface area (Å²) in [6.07, 6.45) is 0. The van der Waals surface area contributed by atoms with Crippen LogP contribution in [-0.2, 0) is 20.8 Å². The van der Waals surface area contributed by atoms with Gasteiger partial charge < -0.3 is 20.1 Å². The Kier molecular flexibility index (Phi) is 7.87. The maximum atomic E-state index is 11.7. The van der Waals surface area contributed by atoms with Crippen LogP contribution in [-0.4, -0.2) is 38.9 Å². The highest BCUT2D eigenvalue weighted by Crippen LogP contribution is 2.10. The second kappa shape index (κ2) is 9.47. The van der Waals surface area contributed by atoms with Crippen LogP contribution in [0.3, 0.4) is 0 Å². The van der Waals surface area contributed by atoms with Crippen molar-refractivity contribution in [2.45, 2.75) is 26.4 Å². The summed E-state index contributed by atoms with van der Waals surface area (Å²) in [5.41, 5.74) is 1.92. The summed E-state index contributed by atoms with van der Waals surface area (Å²) in [4.78, 5) is 11.7. The van der Waals surface area contributed by atoms with E-state index in [1.165, 1.54) is 0 Å². The predicted octanol–water partition coefficient (Wildman–Crippen LogP) is 1.79. The third kappa shape index (κ3) is 7.23. The van der Waals surface area contributed by atoms with Gasteiger partial charge in [0.1, 0.15) is 6.61 Å². The number of carbonyl (C=O) groups is 1. The van der Waals surface area contributed by atoms with E-state index in [4.69, 9.17) is 9.47 Å². The van der Waals surface area contributed by atoms with Crippen molar-refractivity contribution in [3.63, 3.8) is 0 Å². The molecule has 1 rings (SSSR count). The van der Waals surface area contributed by atoms with Gasteiger partial charge >= 0.3 is 0 Å². The molecule has 0 saturated heterocycles. The fraction of sp³-hybridized carbons (Fsp3) is 0.533. The Bertz CT molecular complexity index is 408. The van der Waals surface area contributed by atoms with E-state index in [1.807, 2.05) is 24.3 Å². The number of anilines is 1. The molecule has 0 heterocycles. The van der Waals surface area contributed by atoms with E-state index in [0.29, 0.717) is 19.3 Å². The molecule has 0 bridgehead atoms. The van der Waals surface area contributed by atoms with Crippen LogP contribution in [0.5, 0.6) is 0 Å². The first kappa shape index (κ1) is 16.6. The molecule has 1 amide bonds. The van der Waals surface area contributed by atoms with Gasteiger partial charge in [0.2, 0.25) is 5.91 Å². The van der Waals surface area contributed by atoms with Gasteiger partial charge in [0.05, 0.1) is 13.2 Å². The number of amides is 1. The van der Waals surface area contributed by atoms with Crippen LogP contribution in [0.25, 0.3) is 0 Å². The van der Waals surface area contributed by atoms with E-state index >= 15 is 0 Å². The van der Waals surface area contributed by atoms with Crippen LogP contribution >= 0.6 is 0 Å². The highest BCUT2D eigenvalue weighted by Gasteiger charge is 2.03. The second-order valence-corrected chi connectivity index (χ2v) is 4.83. The summed E-state index contributed by atoms with van der Waals surface area (Å²) in [5.74, 6) is -0.157. The zero-order valence-electron chi connectivity index (χ0n) is 12.4. The third-order valence-corrected chi connectivity index (χ3v) is 2.59. The molecule has 5 nitrogen and oxygen atoms in total. The molecule has 0 fully saturated rings. The van der Waals surface area contributed by atoms with Crippen molar-refractivity contribution >= 4 is 11.6 Å². The molecule has 0 unspecified atom stereocenters. The molecule has 20 heavy (non-hydrogen) atoms. The standard InChI is InChI=1S/C15H24N2O3/c1-12(2)16-10-13-5-4-6-14(9-13)17-15(18)11-20-8-7-19-3/h4-6,9,12,16H,7-8,10-11H2,1-3H3,(H,17,18). The summed E-state index contributed by atoms with van der Waals surface area (Å²) in [6.45, 7) is 5.93. The lowest BCUT2D eigenvalue weighted by molar-refractivity contribution is -0.121. The zero-order valence-corrected chi connectivity index (χ0v) is 12.4. The van der Waals surface area contributed by atoms with Crippen molar-refractivity contribution in [3.8, 4) is 0 Å². The second-order valence-electron chi connectivity index (χ2n) is 4.83. The SMILES string of the molecule is COCCOCC(=O)Nc1cccc(CNC(C)C)c1. The number of nitrogens with one attached hydrogen (secondary N) is 2. The molecule has 0 aliphatic heterocycles. The first-order valence-corrected chi connectivity index (χ1v) is 6.80. The summed E-state index contributed by atoms with van der Waals surface area (Å²) in [5, 5.41) is 6.15. The monoisotopic (exact) mass is 280 g/mol. The Balaban J connectivity index is 2.39. The molecule has 0 spiro atoms. The van der Waals surface area contributed by atoms with Gasteiger partial charge in [-0.2, -0.15) is 0 Å². The average Bonchev–Trinajstić information content (AvgIpc) is 2.42. The van der Waals surface area contributed by atoms with Gasteiger partial charge in [0.15, 0.2) is 0 Å². The Labute approximate surface area is 120 Å². The van der Waals surface area contributed by atoms with Crippen molar-refractivity contribution in [1.82, 2.24) is 5.32 Å². The van der Waals surface area contributed by atoms with E-state index in [0.717, 1.165) is 17.8 Å². The quantitative estimate of drug-likeness (QED) is 0.677. The lowest BCUT2D eigenvalue weighted by atomic mass is 10.2. The minimum absolute atomic E-state index is 0.0395. The number of hydrogen-bond donors (Lipinski definition) is 2. The Morgan fingerprint density at radius 1 is 1.30 bits per heavy atom. The molecule has 1 aromatic carbocycles. The molecule has 0 aromatic heterocycles. The van der Waals surface area contributed by atoms with Crippen molar-refractivity contribution < 1.29 is 14.3 Å². The van der Waals surface area contributed by atoms with Gasteiger partial charge in [0.25, 0.3) is 0 Å². The Hall–Kier alpha value is -1.43. The van der Waals surface area contributed by atoms with Crippen molar-refractivity contribution in [3.05, 3.63) is 29.8 Å². The molecule has 0 saturated carbocycles. The average molecular weight is 280 g/mol. The first-order valence-electron chi connectivity index (χ1n) is 6.80. The van der Waals surface area contributed by atoms with Crippen molar-refractivity contribution in [1.29, 1.82) is 0 Å². The fourth-order valence-corrected chi connectivity index (χ4v) is 1.59. The Morgan fingerprint density at radius 3 is 2.80 bits per heavy atom. The van der Waals surface area contributed by atoms with Crippen LogP contribution < -0.4 is 10.6 Å². The van der Waals surface area contributed by atoms with Crippen molar-refractivity contribution in [2.75, 3.05) is 32.2 Å². The van der Waals surface area contributed by atoms with Crippen LogP contribution in [0.2, 0.25) is 0 Å². The van der Waals surface area contributed by atoms with E-state index in [2.05, 4.69) is 24.5 Å². The fourth-order valence-electron chi connectivity index (χ4n) is 1.59. The molecule has 0 aliphatic rings. The number of hydrogen-bond acceptors (Lipinski definition) is 4. The highest BCUT2D eigenvalue weighted by atomic mass is 16.5. The van der Waals surface area contributed by atoms with Gasteiger partial charge in [-0.05, 0) is 17.7 Å². The minimum Gasteiger partial charge on any atom is -0.382 e. The minimum atomic E-state index is -0.157. The predicted molar refractivity (Wildman–Crippen MR) is 79.7 cm³/mol. The van der Waals surface area contributed by atoms with E-state index in [1.54, 1.807) is 7.11 Å². The largest absolute Gasteiger partial charge is 0.382 e. The maximum absolute atomic E-state index is 11.7. The molecular formula is C15H24N2O3. The lowest BCUT2D eigenvalue weighted by Gasteiger charge is -2.10. The first-order chi connectivity index (χ1) is 9.61. The maximum Gasteiger partial charge on any atom is 0.250 e. The third-order valence-electron chi connectivity index (χ3n) is 2.59. The van der Waals surface area contributed by atoms with Gasteiger partial charge in [-0.3, -0.25) is 4.79 Å². The molecule has 1 aromatic rings. The van der Waals surface area contributed by atoms with Crippen molar-refractivity contribution in [2.24, 2.45) is 0 Å². The molecule has 0 atom stereocenters. The van der Waals surface area contributed by atoms with Crippen LogP contribution in [0.4, 0.5) is 5.69 Å². The van der Waals surface area contributed by atoms with Crippen LogP contribution in [0, 0.1) is 0 Å². The lowest BCUT2D eigenvalue weighted by Crippen LogP contribution is -2.22. The molecule has 5 heteroatoms. The van der Waals surface area contributed by atoms with Crippen LogP contribution in [0.15, 0.2) is 24.3 Å². The number of carbonyl (C=O) groups excluding carboxylic acids is 1. The number of rotatable bonds is 9. The normalized spacial score (nSPS) is 10.8. The molecule has 0 radical (unpaired) electrons. The zero-order chi connectivity index (χ0) is 14.8. The summed E-state index contributed by atoms with van der Waals surface area (Å²) in [6, 6.07) is 8.22. The van der Waals surface area contributed by atoms with Gasteiger partial charge in [-0.15, -0.1) is 0 Å². The molecule has 2 N–H and O–H groups in total. The van der Waals surface area contributed by atoms with Gasteiger partial charge in [0, 0.05) is 25.4 Å². The molecular weight excluding hydrogens is 256 g/mol. The van der Waals surface area contributed by atoms with E-state index in [-0.39, 0.29) is 12.5 Å². The summed E-state index contributed by atoms with van der Waals surface area (Å²) < 4.78 is 10.0. The van der Waals surface area contributed by atoms with Crippen LogP contribution in [0.1, 0.15) is 19.4 Å². The number of ether oxygens (including phenoxy) is 2. The number of benzene rings is 1. The van der Waals surface area contributed by atoms with Gasteiger partial charge in [-0.25, -0.2) is 0 Å². The van der Waals surface area contributed by atoms with Gasteiger partial charge in [-0.1, -0.05) is 26.0 Å². The topological polar surface area (TPSA) is 59.6 Å².